The van der Waals surface area contributed by atoms with Crippen molar-refractivity contribution in [3.05, 3.63) is 68.0 Å². The number of pyridine rings is 1. The Hall–Kier alpha value is -2.68. The van der Waals surface area contributed by atoms with E-state index in [0.717, 1.165) is 49.3 Å². The van der Waals surface area contributed by atoms with Crippen molar-refractivity contribution in [3.8, 4) is 5.75 Å². The maximum Gasteiger partial charge on any atom is 0.328 e. The number of para-hydroxylation sites is 1. The Labute approximate surface area is 199 Å². The molecule has 0 aliphatic carbocycles. The van der Waals surface area contributed by atoms with Crippen molar-refractivity contribution in [3.63, 3.8) is 0 Å². The molecule has 33 heavy (non-hydrogen) atoms. The number of halogens is 1. The number of fused-ring (bicyclic) bond motifs is 3. The number of ether oxygens (including phenoxy) is 1. The van der Waals surface area contributed by atoms with Gasteiger partial charge in [-0.15, -0.1) is 11.3 Å². The highest BCUT2D eigenvalue weighted by Crippen LogP contribution is 2.34. The summed E-state index contributed by atoms with van der Waals surface area (Å²) in [6.45, 7) is 3.39. The van der Waals surface area contributed by atoms with Gasteiger partial charge in [-0.2, -0.15) is 0 Å². The predicted molar refractivity (Wildman–Crippen MR) is 133 cm³/mol. The highest BCUT2D eigenvalue weighted by Gasteiger charge is 2.25. The van der Waals surface area contributed by atoms with Crippen LogP contribution in [0.4, 0.5) is 0 Å². The lowest BCUT2D eigenvalue weighted by molar-refractivity contribution is 0.320. The Kier molecular flexibility index (Phi) is 6.23. The molecule has 9 heteroatoms. The maximum atomic E-state index is 13.0. The fourth-order valence-corrected chi connectivity index (χ4v) is 6.05. The standard InChI is InChI=1S/C24H25ClN4O3S/c1-32-18-7-3-2-6-16(18)15-9-13-28(14-15)11-4-5-12-29-23(30)22-20(27-24(29)31)19-21(33-22)17(25)8-10-26-19/h2-3,6-8,10,15H,4-5,9,11-14H2,1H3,(H,27,31). The quantitative estimate of drug-likeness (QED) is 0.397. The third-order valence-electron chi connectivity index (χ3n) is 6.40. The molecule has 1 aliphatic heterocycles. The molecule has 1 atom stereocenters. The van der Waals surface area contributed by atoms with Crippen molar-refractivity contribution in [2.45, 2.75) is 31.7 Å². The van der Waals surface area contributed by atoms with Crippen LogP contribution in [0.1, 0.15) is 30.7 Å². The van der Waals surface area contributed by atoms with Gasteiger partial charge in [0, 0.05) is 25.2 Å². The molecule has 5 rings (SSSR count). The molecule has 0 amide bonds. The summed E-state index contributed by atoms with van der Waals surface area (Å²) in [5.74, 6) is 1.43. The predicted octanol–water partition coefficient (Wildman–Crippen LogP) is 4.23. The Bertz CT molecular complexity index is 1430. The number of methoxy groups -OCH3 is 1. The molecule has 1 unspecified atom stereocenters. The number of hydrogen-bond donors (Lipinski definition) is 1. The van der Waals surface area contributed by atoms with Crippen molar-refractivity contribution in [1.82, 2.24) is 19.4 Å². The number of nitrogens with zero attached hydrogens (tertiary/aromatic N) is 3. The first-order valence-electron chi connectivity index (χ1n) is 11.1. The number of nitrogens with one attached hydrogen (secondary N) is 1. The van der Waals surface area contributed by atoms with Crippen molar-refractivity contribution >= 4 is 43.4 Å². The van der Waals surface area contributed by atoms with Gasteiger partial charge in [-0.3, -0.25) is 14.3 Å². The summed E-state index contributed by atoms with van der Waals surface area (Å²) in [4.78, 5) is 35.2. The molecule has 1 aliphatic rings. The van der Waals surface area contributed by atoms with Gasteiger partial charge in [0.05, 0.1) is 22.3 Å². The minimum absolute atomic E-state index is 0.273. The molecule has 0 radical (unpaired) electrons. The molecule has 0 saturated carbocycles. The molecule has 1 aromatic carbocycles. The van der Waals surface area contributed by atoms with Gasteiger partial charge >= 0.3 is 5.69 Å². The number of thiophene rings is 1. The van der Waals surface area contributed by atoms with Crippen LogP contribution in [-0.2, 0) is 6.54 Å². The normalized spacial score (nSPS) is 16.7. The molecular formula is C24H25ClN4O3S. The topological polar surface area (TPSA) is 80.2 Å². The van der Waals surface area contributed by atoms with E-state index < -0.39 is 5.69 Å². The minimum Gasteiger partial charge on any atom is -0.496 e. The molecule has 1 fully saturated rings. The third-order valence-corrected chi connectivity index (χ3v) is 8.03. The fraction of sp³-hybridized carbons (Fsp3) is 0.375. The summed E-state index contributed by atoms with van der Waals surface area (Å²) in [5, 5.41) is 0.532. The Morgan fingerprint density at radius 2 is 2.00 bits per heavy atom. The van der Waals surface area contributed by atoms with Gasteiger partial charge in [0.2, 0.25) is 0 Å². The highest BCUT2D eigenvalue weighted by atomic mass is 35.5. The Balaban J connectivity index is 1.23. The van der Waals surface area contributed by atoms with E-state index in [9.17, 15) is 9.59 Å². The van der Waals surface area contributed by atoms with E-state index in [2.05, 4.69) is 27.0 Å². The largest absolute Gasteiger partial charge is 0.496 e. The van der Waals surface area contributed by atoms with Crippen LogP contribution in [0.25, 0.3) is 20.4 Å². The van der Waals surface area contributed by atoms with Gasteiger partial charge in [-0.05, 0) is 50.0 Å². The summed E-state index contributed by atoms with van der Waals surface area (Å²) in [5.41, 5.74) is 1.65. The van der Waals surface area contributed by atoms with E-state index in [1.54, 1.807) is 19.4 Å². The summed E-state index contributed by atoms with van der Waals surface area (Å²) < 4.78 is 8.04. The van der Waals surface area contributed by atoms with E-state index in [0.29, 0.717) is 33.2 Å². The second-order valence-corrected chi connectivity index (χ2v) is 9.83. The van der Waals surface area contributed by atoms with Crippen LogP contribution in [0.15, 0.2) is 46.1 Å². The zero-order valence-corrected chi connectivity index (χ0v) is 19.9. The highest BCUT2D eigenvalue weighted by molar-refractivity contribution is 7.26. The summed E-state index contributed by atoms with van der Waals surface area (Å²) in [6, 6.07) is 9.92. The Morgan fingerprint density at radius 1 is 1.18 bits per heavy atom. The van der Waals surface area contributed by atoms with Crippen LogP contribution in [0, 0.1) is 0 Å². The number of H-pyrrole nitrogens is 1. The molecule has 172 valence electrons. The number of aromatic amines is 1. The summed E-state index contributed by atoms with van der Waals surface area (Å²) in [6.07, 6.45) is 4.37. The molecule has 0 bridgehead atoms. The lowest BCUT2D eigenvalue weighted by Gasteiger charge is -2.17. The zero-order chi connectivity index (χ0) is 22.9. The molecule has 1 N–H and O–H groups in total. The van der Waals surface area contributed by atoms with Crippen LogP contribution < -0.4 is 16.0 Å². The first-order chi connectivity index (χ1) is 16.1. The molecule has 4 aromatic rings. The van der Waals surface area contributed by atoms with E-state index in [-0.39, 0.29) is 5.56 Å². The van der Waals surface area contributed by atoms with Crippen LogP contribution >= 0.6 is 22.9 Å². The van der Waals surface area contributed by atoms with Gasteiger partial charge in [0.1, 0.15) is 16.0 Å². The van der Waals surface area contributed by atoms with Crippen molar-refractivity contribution in [1.29, 1.82) is 0 Å². The molecule has 0 spiro atoms. The first kappa shape index (κ1) is 22.1. The molecule has 3 aromatic heterocycles. The van der Waals surface area contributed by atoms with Gasteiger partial charge in [-0.25, -0.2) is 4.79 Å². The molecule has 7 nitrogen and oxygen atoms in total. The van der Waals surface area contributed by atoms with E-state index in [4.69, 9.17) is 16.3 Å². The van der Waals surface area contributed by atoms with E-state index >= 15 is 0 Å². The van der Waals surface area contributed by atoms with Crippen molar-refractivity contribution in [2.75, 3.05) is 26.7 Å². The number of benzene rings is 1. The van der Waals surface area contributed by atoms with Crippen molar-refractivity contribution < 1.29 is 4.74 Å². The van der Waals surface area contributed by atoms with Crippen LogP contribution in [0.5, 0.6) is 5.75 Å². The second-order valence-electron chi connectivity index (χ2n) is 8.40. The van der Waals surface area contributed by atoms with Gasteiger partial charge in [0.15, 0.2) is 0 Å². The number of aromatic nitrogens is 3. The van der Waals surface area contributed by atoms with E-state index in [1.165, 1.54) is 21.5 Å². The first-order valence-corrected chi connectivity index (χ1v) is 12.3. The van der Waals surface area contributed by atoms with Gasteiger partial charge in [-0.1, -0.05) is 29.8 Å². The lowest BCUT2D eigenvalue weighted by atomic mass is 9.97. The minimum atomic E-state index is -0.397. The third kappa shape index (κ3) is 4.18. The second kappa shape index (κ2) is 9.29. The average Bonchev–Trinajstić information content (AvgIpc) is 3.44. The van der Waals surface area contributed by atoms with Gasteiger partial charge < -0.3 is 14.6 Å². The SMILES string of the molecule is COc1ccccc1C1CCN(CCCCn2c(=O)[nH]c3c(sc4c(Cl)ccnc43)c2=O)C1. The van der Waals surface area contributed by atoms with Gasteiger partial charge in [0.25, 0.3) is 5.56 Å². The Morgan fingerprint density at radius 3 is 2.85 bits per heavy atom. The summed E-state index contributed by atoms with van der Waals surface area (Å²) >= 11 is 7.53. The number of likely N-dealkylation sites (tertiary alicyclic amines) is 1. The monoisotopic (exact) mass is 484 g/mol. The lowest BCUT2D eigenvalue weighted by Crippen LogP contribution is -2.34. The number of rotatable bonds is 7. The summed E-state index contributed by atoms with van der Waals surface area (Å²) in [7, 11) is 1.72. The fourth-order valence-electron chi connectivity index (χ4n) is 4.72. The number of hydrogen-bond acceptors (Lipinski definition) is 6. The number of unbranched alkanes of at least 4 members (excludes halogenated alkanes) is 1. The van der Waals surface area contributed by atoms with Crippen LogP contribution in [0.3, 0.4) is 0 Å². The van der Waals surface area contributed by atoms with Crippen LogP contribution in [-0.4, -0.2) is 46.2 Å². The van der Waals surface area contributed by atoms with Crippen molar-refractivity contribution in [2.24, 2.45) is 0 Å². The molecular weight excluding hydrogens is 460 g/mol. The zero-order valence-electron chi connectivity index (χ0n) is 18.3. The van der Waals surface area contributed by atoms with Crippen LogP contribution in [0.2, 0.25) is 5.02 Å². The molecule has 4 heterocycles. The smallest absolute Gasteiger partial charge is 0.328 e. The molecule has 1 saturated heterocycles. The maximum absolute atomic E-state index is 13.0. The van der Waals surface area contributed by atoms with E-state index in [1.807, 2.05) is 12.1 Å². The average molecular weight is 485 g/mol.